The molecule has 0 aliphatic carbocycles. The number of amides is 4. The Bertz CT molecular complexity index is 1210. The molecule has 1 unspecified atom stereocenters. The van der Waals surface area contributed by atoms with Gasteiger partial charge in [0, 0.05) is 18.7 Å². The van der Waals surface area contributed by atoms with Gasteiger partial charge in [-0.2, -0.15) is 9.31 Å². The molecule has 2 heterocycles. The lowest BCUT2D eigenvalue weighted by molar-refractivity contribution is -0.132. The highest BCUT2D eigenvalue weighted by atomic mass is 32.2. The Balaban J connectivity index is 1.48. The Morgan fingerprint density at radius 3 is 2.21 bits per heavy atom. The lowest BCUT2D eigenvalue weighted by Crippen LogP contribution is -2.47. The zero-order valence-electron chi connectivity index (χ0n) is 18.9. The number of nitrogens with one attached hydrogen (secondary N) is 2. The zero-order valence-corrected chi connectivity index (χ0v) is 19.7. The molecular weight excluding hydrogens is 460 g/mol. The van der Waals surface area contributed by atoms with Gasteiger partial charge >= 0.3 is 6.03 Å². The van der Waals surface area contributed by atoms with Gasteiger partial charge in [0.05, 0.1) is 12.0 Å². The second-order valence-electron chi connectivity index (χ2n) is 8.35. The standard InChI is InChI=1S/C23H26N4O6S/c1-23(17-8-10-18(33-2)11-9-17)21(29)27(22(30)24-23)25-20(28)16-6-12-19(13-7-16)34(31,32)26-14-4-3-5-15-26/h6-13H,3-5,14-15H2,1-2H3,(H,24,30)(H,25,28). The second kappa shape index (κ2) is 9.07. The van der Waals surface area contributed by atoms with Gasteiger partial charge in [0.2, 0.25) is 10.0 Å². The second-order valence-corrected chi connectivity index (χ2v) is 10.3. The third-order valence-corrected chi connectivity index (χ3v) is 8.05. The van der Waals surface area contributed by atoms with Crippen LogP contribution in [0.5, 0.6) is 5.75 Å². The van der Waals surface area contributed by atoms with E-state index in [-0.39, 0.29) is 10.5 Å². The number of carbonyl (C=O) groups excluding carboxylic acids is 3. The molecule has 2 aliphatic rings. The zero-order chi connectivity index (χ0) is 24.5. The van der Waals surface area contributed by atoms with Crippen molar-refractivity contribution in [3.05, 3.63) is 59.7 Å². The molecule has 0 saturated carbocycles. The van der Waals surface area contributed by atoms with Crippen molar-refractivity contribution in [2.24, 2.45) is 0 Å². The molecule has 0 bridgehead atoms. The fourth-order valence-corrected chi connectivity index (χ4v) is 5.58. The number of carbonyl (C=O) groups is 3. The first-order valence-corrected chi connectivity index (χ1v) is 12.3. The summed E-state index contributed by atoms with van der Waals surface area (Å²) >= 11 is 0. The van der Waals surface area contributed by atoms with Gasteiger partial charge in [-0.1, -0.05) is 18.6 Å². The van der Waals surface area contributed by atoms with E-state index in [2.05, 4.69) is 10.7 Å². The van der Waals surface area contributed by atoms with Crippen LogP contribution in [0.4, 0.5) is 4.79 Å². The van der Waals surface area contributed by atoms with Gasteiger partial charge in [-0.3, -0.25) is 15.0 Å². The number of methoxy groups -OCH3 is 1. The van der Waals surface area contributed by atoms with Crippen molar-refractivity contribution in [3.8, 4) is 5.75 Å². The summed E-state index contributed by atoms with van der Waals surface area (Å²) in [6.45, 7) is 2.49. The molecule has 0 spiro atoms. The van der Waals surface area contributed by atoms with Crippen molar-refractivity contribution in [2.75, 3.05) is 20.2 Å². The van der Waals surface area contributed by atoms with Crippen molar-refractivity contribution in [1.29, 1.82) is 0 Å². The molecule has 1 atom stereocenters. The summed E-state index contributed by atoms with van der Waals surface area (Å²) < 4.78 is 32.1. The van der Waals surface area contributed by atoms with Crippen LogP contribution in [0.3, 0.4) is 0 Å². The average molecular weight is 487 g/mol. The van der Waals surface area contributed by atoms with Crippen LogP contribution in [-0.4, -0.2) is 55.8 Å². The normalized spacial score (nSPS) is 21.3. The summed E-state index contributed by atoms with van der Waals surface area (Å²) in [6, 6.07) is 11.3. The predicted molar refractivity (Wildman–Crippen MR) is 122 cm³/mol. The lowest BCUT2D eigenvalue weighted by Gasteiger charge is -2.25. The number of imide groups is 1. The first-order chi connectivity index (χ1) is 16.2. The summed E-state index contributed by atoms with van der Waals surface area (Å²) in [7, 11) is -2.11. The summed E-state index contributed by atoms with van der Waals surface area (Å²) in [5.41, 5.74) is 1.57. The van der Waals surface area contributed by atoms with E-state index in [9.17, 15) is 22.8 Å². The molecule has 34 heavy (non-hydrogen) atoms. The lowest BCUT2D eigenvalue weighted by atomic mass is 9.92. The molecule has 2 aromatic rings. The Morgan fingerprint density at radius 1 is 1.00 bits per heavy atom. The molecule has 10 nitrogen and oxygen atoms in total. The van der Waals surface area contributed by atoms with E-state index in [0.29, 0.717) is 29.4 Å². The van der Waals surface area contributed by atoms with Gasteiger partial charge in [-0.05, 0) is 61.7 Å². The van der Waals surface area contributed by atoms with Crippen molar-refractivity contribution in [2.45, 2.75) is 36.6 Å². The maximum Gasteiger partial charge on any atom is 0.344 e. The topological polar surface area (TPSA) is 125 Å². The van der Waals surface area contributed by atoms with E-state index in [1.54, 1.807) is 31.2 Å². The Morgan fingerprint density at radius 2 is 1.62 bits per heavy atom. The van der Waals surface area contributed by atoms with Crippen LogP contribution < -0.4 is 15.5 Å². The van der Waals surface area contributed by atoms with Crippen molar-refractivity contribution >= 4 is 27.9 Å². The first kappa shape index (κ1) is 23.7. The quantitative estimate of drug-likeness (QED) is 0.602. The summed E-state index contributed by atoms with van der Waals surface area (Å²) in [6.07, 6.45) is 2.65. The molecule has 0 radical (unpaired) electrons. The minimum absolute atomic E-state index is 0.0908. The summed E-state index contributed by atoms with van der Waals surface area (Å²) in [4.78, 5) is 38.3. The SMILES string of the molecule is COc1ccc(C2(C)NC(=O)N(NC(=O)c3ccc(S(=O)(=O)N4CCCCC4)cc3)C2=O)cc1. The number of rotatable bonds is 6. The number of ether oxygens (including phenoxy) is 1. The molecule has 2 aromatic carbocycles. The predicted octanol–water partition coefficient (Wildman–Crippen LogP) is 1.98. The highest BCUT2D eigenvalue weighted by Gasteiger charge is 2.50. The van der Waals surface area contributed by atoms with E-state index < -0.39 is 33.4 Å². The van der Waals surface area contributed by atoms with Gasteiger partial charge < -0.3 is 10.1 Å². The van der Waals surface area contributed by atoms with E-state index in [1.807, 2.05) is 0 Å². The van der Waals surface area contributed by atoms with Crippen LogP contribution in [-0.2, 0) is 20.4 Å². The minimum Gasteiger partial charge on any atom is -0.497 e. The largest absolute Gasteiger partial charge is 0.497 e. The van der Waals surface area contributed by atoms with Crippen LogP contribution >= 0.6 is 0 Å². The summed E-state index contributed by atoms with van der Waals surface area (Å²) in [5, 5.41) is 3.23. The van der Waals surface area contributed by atoms with Crippen molar-refractivity contribution < 1.29 is 27.5 Å². The fourth-order valence-electron chi connectivity index (χ4n) is 4.06. The van der Waals surface area contributed by atoms with Gasteiger partial charge in [0.15, 0.2) is 0 Å². The maximum atomic E-state index is 13.0. The molecular formula is C23H26N4O6S. The van der Waals surface area contributed by atoms with Gasteiger partial charge in [-0.15, -0.1) is 0 Å². The smallest absolute Gasteiger partial charge is 0.344 e. The van der Waals surface area contributed by atoms with Crippen molar-refractivity contribution in [1.82, 2.24) is 20.1 Å². The minimum atomic E-state index is -3.63. The van der Waals surface area contributed by atoms with E-state index in [1.165, 1.54) is 35.7 Å². The van der Waals surface area contributed by atoms with Crippen LogP contribution in [0.1, 0.15) is 42.1 Å². The maximum absolute atomic E-state index is 13.0. The van der Waals surface area contributed by atoms with Gasteiger partial charge in [-0.25, -0.2) is 13.2 Å². The number of hydrazine groups is 1. The first-order valence-electron chi connectivity index (χ1n) is 10.9. The number of sulfonamides is 1. The Kier molecular flexibility index (Phi) is 6.32. The van der Waals surface area contributed by atoms with E-state index >= 15 is 0 Å². The van der Waals surface area contributed by atoms with Crippen LogP contribution in [0.2, 0.25) is 0 Å². The van der Waals surface area contributed by atoms with Crippen LogP contribution in [0.15, 0.2) is 53.4 Å². The number of hydrogen-bond donors (Lipinski definition) is 2. The Labute approximate surface area is 197 Å². The molecule has 2 aliphatic heterocycles. The molecule has 0 aromatic heterocycles. The number of nitrogens with zero attached hydrogens (tertiary/aromatic N) is 2. The molecule has 11 heteroatoms. The van der Waals surface area contributed by atoms with Gasteiger partial charge in [0.1, 0.15) is 11.3 Å². The molecule has 2 N–H and O–H groups in total. The third-order valence-electron chi connectivity index (χ3n) is 6.14. The van der Waals surface area contributed by atoms with Gasteiger partial charge in [0.25, 0.3) is 11.8 Å². The number of hydrogen-bond acceptors (Lipinski definition) is 6. The third kappa shape index (κ3) is 4.24. The highest BCUT2D eigenvalue weighted by molar-refractivity contribution is 7.89. The Hall–Kier alpha value is -3.44. The fraction of sp³-hybridized carbons (Fsp3) is 0.348. The van der Waals surface area contributed by atoms with Crippen molar-refractivity contribution in [3.63, 3.8) is 0 Å². The summed E-state index contributed by atoms with van der Waals surface area (Å²) in [5.74, 6) is -0.773. The van der Waals surface area contributed by atoms with Crippen LogP contribution in [0, 0.1) is 0 Å². The highest BCUT2D eigenvalue weighted by Crippen LogP contribution is 2.29. The van der Waals surface area contributed by atoms with Crippen LogP contribution in [0.25, 0.3) is 0 Å². The molecule has 4 rings (SSSR count). The van der Waals surface area contributed by atoms with E-state index in [4.69, 9.17) is 4.74 Å². The molecule has 2 fully saturated rings. The molecule has 2 saturated heterocycles. The number of benzene rings is 2. The number of piperidine rings is 1. The van der Waals surface area contributed by atoms with E-state index in [0.717, 1.165) is 19.3 Å². The number of urea groups is 1. The molecule has 4 amide bonds. The average Bonchev–Trinajstić information content (AvgIpc) is 3.08. The molecule has 180 valence electrons. The monoisotopic (exact) mass is 486 g/mol.